The zero-order valence-electron chi connectivity index (χ0n) is 18.9. The van der Waals surface area contributed by atoms with Gasteiger partial charge in [0.1, 0.15) is 11.9 Å². The molecule has 0 radical (unpaired) electrons. The van der Waals surface area contributed by atoms with Crippen molar-refractivity contribution in [1.29, 1.82) is 0 Å². The maximum Gasteiger partial charge on any atom is 0.213 e. The molecule has 2 fully saturated rings. The largest absolute Gasteiger partial charge is 0.474 e. The van der Waals surface area contributed by atoms with E-state index in [1.807, 2.05) is 18.2 Å². The molecular weight excluding hydrogens is 437 g/mol. The summed E-state index contributed by atoms with van der Waals surface area (Å²) >= 11 is 5.86. The summed E-state index contributed by atoms with van der Waals surface area (Å²) in [6.45, 7) is 4.22. The molecule has 4 nitrogen and oxygen atoms in total. The standard InChI is InChI=1S/C27H31ClFN3O/c28-22-10-9-21(26(29)17-22)16-23-6-2-8-27(30-23)33-25-11-14-31(15-12-25)19-24-7-3-13-32(24)18-20-4-1-5-20/h2-3,6-10,13,17,20,25H,1,4-5,11-12,14-16,18-19H2. The average molecular weight is 468 g/mol. The Balaban J connectivity index is 1.12. The SMILES string of the molecule is Fc1cc(Cl)ccc1Cc1cccc(OC2CCN(Cc3cccn3CC3CCC3)CC2)n1. The number of likely N-dealkylation sites (tertiary alicyclic amines) is 1. The first-order valence-electron chi connectivity index (χ1n) is 12.1. The minimum absolute atomic E-state index is 0.165. The first-order chi connectivity index (χ1) is 16.1. The molecule has 33 heavy (non-hydrogen) atoms. The number of hydrogen-bond acceptors (Lipinski definition) is 3. The van der Waals surface area contributed by atoms with E-state index in [1.165, 1.54) is 37.6 Å². The Morgan fingerprint density at radius 2 is 1.88 bits per heavy atom. The van der Waals surface area contributed by atoms with E-state index in [0.717, 1.165) is 44.1 Å². The zero-order valence-corrected chi connectivity index (χ0v) is 19.7. The number of piperidine rings is 1. The summed E-state index contributed by atoms with van der Waals surface area (Å²) < 4.78 is 22.8. The van der Waals surface area contributed by atoms with Crippen molar-refractivity contribution in [2.24, 2.45) is 5.92 Å². The van der Waals surface area contributed by atoms with Crippen LogP contribution in [0.2, 0.25) is 5.02 Å². The molecule has 3 heterocycles. The number of nitrogens with zero attached hydrogens (tertiary/aromatic N) is 3. The number of rotatable bonds is 8. The van der Waals surface area contributed by atoms with Gasteiger partial charge in [-0.05, 0) is 67.5 Å². The fourth-order valence-electron chi connectivity index (χ4n) is 4.79. The molecule has 1 aliphatic carbocycles. The predicted molar refractivity (Wildman–Crippen MR) is 129 cm³/mol. The number of halogens is 2. The molecule has 0 atom stereocenters. The van der Waals surface area contributed by atoms with Crippen LogP contribution in [0.3, 0.4) is 0 Å². The Labute approximate surface area is 200 Å². The molecule has 2 aromatic heterocycles. The topological polar surface area (TPSA) is 30.3 Å². The Hall–Kier alpha value is -2.37. The van der Waals surface area contributed by atoms with Gasteiger partial charge in [0.25, 0.3) is 0 Å². The van der Waals surface area contributed by atoms with Crippen LogP contribution in [0.25, 0.3) is 0 Å². The minimum atomic E-state index is -0.304. The van der Waals surface area contributed by atoms with E-state index in [2.05, 4.69) is 32.8 Å². The second kappa shape index (κ2) is 10.3. The number of benzene rings is 1. The van der Waals surface area contributed by atoms with Gasteiger partial charge < -0.3 is 9.30 Å². The Morgan fingerprint density at radius 1 is 1.03 bits per heavy atom. The molecule has 6 heteroatoms. The average Bonchev–Trinajstić information content (AvgIpc) is 3.21. The van der Waals surface area contributed by atoms with Gasteiger partial charge in [0, 0.05) is 61.3 Å². The van der Waals surface area contributed by atoms with Crippen LogP contribution >= 0.6 is 11.6 Å². The van der Waals surface area contributed by atoms with E-state index in [-0.39, 0.29) is 11.9 Å². The van der Waals surface area contributed by atoms with Crippen molar-refractivity contribution in [2.45, 2.75) is 57.7 Å². The lowest BCUT2D eigenvalue weighted by atomic mass is 9.85. The fourth-order valence-corrected chi connectivity index (χ4v) is 4.95. The van der Waals surface area contributed by atoms with Crippen LogP contribution in [0, 0.1) is 11.7 Å². The molecule has 0 spiro atoms. The van der Waals surface area contributed by atoms with Gasteiger partial charge in [0.05, 0.1) is 0 Å². The third-order valence-electron chi connectivity index (χ3n) is 6.98. The van der Waals surface area contributed by atoms with Crippen LogP contribution in [-0.4, -0.2) is 33.6 Å². The minimum Gasteiger partial charge on any atom is -0.474 e. The van der Waals surface area contributed by atoms with E-state index >= 15 is 0 Å². The highest BCUT2D eigenvalue weighted by atomic mass is 35.5. The molecule has 0 unspecified atom stereocenters. The molecule has 0 bridgehead atoms. The first kappa shape index (κ1) is 22.4. The molecule has 1 aliphatic heterocycles. The summed E-state index contributed by atoms with van der Waals surface area (Å²) in [5.74, 6) is 1.19. The van der Waals surface area contributed by atoms with Gasteiger partial charge in [-0.3, -0.25) is 4.90 Å². The van der Waals surface area contributed by atoms with Crippen LogP contribution in [-0.2, 0) is 19.5 Å². The van der Waals surface area contributed by atoms with Crippen LogP contribution in [0.1, 0.15) is 49.1 Å². The molecule has 3 aromatic rings. The van der Waals surface area contributed by atoms with Gasteiger partial charge in [-0.25, -0.2) is 9.37 Å². The van der Waals surface area contributed by atoms with E-state index in [4.69, 9.17) is 16.3 Å². The van der Waals surface area contributed by atoms with Crippen LogP contribution < -0.4 is 4.74 Å². The monoisotopic (exact) mass is 467 g/mol. The molecule has 5 rings (SSSR count). The van der Waals surface area contributed by atoms with Crippen LogP contribution in [0.15, 0.2) is 54.7 Å². The highest BCUT2D eigenvalue weighted by Gasteiger charge is 2.23. The molecule has 1 saturated heterocycles. The maximum absolute atomic E-state index is 14.1. The molecular formula is C27H31ClFN3O. The van der Waals surface area contributed by atoms with Crippen molar-refractivity contribution in [2.75, 3.05) is 13.1 Å². The van der Waals surface area contributed by atoms with Gasteiger partial charge in [-0.2, -0.15) is 0 Å². The van der Waals surface area contributed by atoms with Crippen molar-refractivity contribution < 1.29 is 9.13 Å². The molecule has 1 aromatic carbocycles. The highest BCUT2D eigenvalue weighted by molar-refractivity contribution is 6.30. The summed E-state index contributed by atoms with van der Waals surface area (Å²) in [5, 5.41) is 0.402. The molecule has 1 saturated carbocycles. The Kier molecular flexibility index (Phi) is 6.98. The number of pyridine rings is 1. The van der Waals surface area contributed by atoms with Gasteiger partial charge in [0.2, 0.25) is 5.88 Å². The van der Waals surface area contributed by atoms with E-state index in [1.54, 1.807) is 12.1 Å². The van der Waals surface area contributed by atoms with E-state index in [9.17, 15) is 4.39 Å². The maximum atomic E-state index is 14.1. The highest BCUT2D eigenvalue weighted by Crippen LogP contribution is 2.29. The quantitative estimate of drug-likeness (QED) is 0.400. The van der Waals surface area contributed by atoms with Crippen molar-refractivity contribution >= 4 is 11.6 Å². The van der Waals surface area contributed by atoms with Gasteiger partial charge in [-0.15, -0.1) is 0 Å². The van der Waals surface area contributed by atoms with Crippen molar-refractivity contribution in [3.63, 3.8) is 0 Å². The molecule has 174 valence electrons. The summed E-state index contributed by atoms with van der Waals surface area (Å²) in [6.07, 6.45) is 8.94. The predicted octanol–water partition coefficient (Wildman–Crippen LogP) is 6.11. The van der Waals surface area contributed by atoms with Crippen LogP contribution in [0.4, 0.5) is 4.39 Å². The van der Waals surface area contributed by atoms with Gasteiger partial charge >= 0.3 is 0 Å². The molecule has 0 amide bonds. The van der Waals surface area contributed by atoms with Crippen molar-refractivity contribution in [3.8, 4) is 5.88 Å². The lowest BCUT2D eigenvalue weighted by Crippen LogP contribution is -2.38. The number of aromatic nitrogens is 2. The summed E-state index contributed by atoms with van der Waals surface area (Å²) in [5.41, 5.74) is 2.79. The van der Waals surface area contributed by atoms with Crippen molar-refractivity contribution in [3.05, 3.63) is 82.5 Å². The third kappa shape index (κ3) is 5.77. The first-order valence-corrected chi connectivity index (χ1v) is 12.4. The smallest absolute Gasteiger partial charge is 0.213 e. The lowest BCUT2D eigenvalue weighted by molar-refractivity contribution is 0.0915. The van der Waals surface area contributed by atoms with E-state index < -0.39 is 0 Å². The fraction of sp³-hybridized carbons (Fsp3) is 0.444. The normalized spacial score (nSPS) is 17.8. The van der Waals surface area contributed by atoms with Gasteiger partial charge in [-0.1, -0.05) is 30.2 Å². The molecule has 2 aliphatic rings. The van der Waals surface area contributed by atoms with Gasteiger partial charge in [0.15, 0.2) is 0 Å². The second-order valence-corrected chi connectivity index (χ2v) is 9.86. The Bertz CT molecular complexity index is 1070. The third-order valence-corrected chi connectivity index (χ3v) is 7.21. The molecule has 0 N–H and O–H groups in total. The van der Waals surface area contributed by atoms with Crippen LogP contribution in [0.5, 0.6) is 5.88 Å². The zero-order chi connectivity index (χ0) is 22.6. The lowest BCUT2D eigenvalue weighted by Gasteiger charge is -2.32. The summed E-state index contributed by atoms with van der Waals surface area (Å²) in [7, 11) is 0. The van der Waals surface area contributed by atoms with Crippen molar-refractivity contribution in [1.82, 2.24) is 14.5 Å². The number of hydrogen-bond donors (Lipinski definition) is 0. The number of ether oxygens (including phenoxy) is 1. The summed E-state index contributed by atoms with van der Waals surface area (Å²) in [6, 6.07) is 14.9. The Morgan fingerprint density at radius 3 is 2.64 bits per heavy atom. The second-order valence-electron chi connectivity index (χ2n) is 9.42. The summed E-state index contributed by atoms with van der Waals surface area (Å²) in [4.78, 5) is 7.15. The van der Waals surface area contributed by atoms with E-state index in [0.29, 0.717) is 22.9 Å².